The average Bonchev–Trinajstić information content (AvgIpc) is 2.93. The summed E-state index contributed by atoms with van der Waals surface area (Å²) in [6.07, 6.45) is 0. The van der Waals surface area contributed by atoms with Crippen LogP contribution in [-0.4, -0.2) is 48.5 Å². The molecule has 0 bridgehead atoms. The molecule has 8 nitrogen and oxygen atoms in total. The maximum absolute atomic E-state index is 12.2. The molecule has 1 aromatic carbocycles. The normalized spacial score (nSPS) is 10.5. The third kappa shape index (κ3) is 5.53. The molecule has 0 radical (unpaired) electrons. The molecule has 2 rings (SSSR count). The van der Waals surface area contributed by atoms with Crippen molar-refractivity contribution in [1.29, 1.82) is 0 Å². The van der Waals surface area contributed by atoms with E-state index in [0.29, 0.717) is 29.6 Å². The third-order valence-corrected chi connectivity index (χ3v) is 4.51. The number of ether oxygens (including phenoxy) is 2. The first-order valence-corrected chi connectivity index (χ1v) is 9.37. The standard InChI is InChI=1S/C18H22Cl2N4O4/c1-4-28-18(26)17-16(20)11(2)23-24(17)10-15(25)22-8-7-21-12-5-6-13(19)14(9-12)27-3/h5-6,9,21H,4,7-8,10H2,1-3H3,(H,22,25). The minimum absolute atomic E-state index is 0.0718. The Morgan fingerprint density at radius 2 is 2.00 bits per heavy atom. The number of nitrogens with one attached hydrogen (secondary N) is 2. The van der Waals surface area contributed by atoms with Crippen LogP contribution in [0.5, 0.6) is 5.75 Å². The molecule has 0 saturated heterocycles. The maximum Gasteiger partial charge on any atom is 0.358 e. The van der Waals surface area contributed by atoms with Crippen LogP contribution < -0.4 is 15.4 Å². The smallest absolute Gasteiger partial charge is 0.358 e. The van der Waals surface area contributed by atoms with Crippen LogP contribution in [0.3, 0.4) is 0 Å². The van der Waals surface area contributed by atoms with Crippen molar-refractivity contribution in [3.05, 3.63) is 39.6 Å². The summed E-state index contributed by atoms with van der Waals surface area (Å²) in [6.45, 7) is 4.26. The lowest BCUT2D eigenvalue weighted by atomic mass is 10.3. The molecular weight excluding hydrogens is 407 g/mol. The van der Waals surface area contributed by atoms with Crippen molar-refractivity contribution in [2.45, 2.75) is 20.4 Å². The first-order chi connectivity index (χ1) is 13.4. The minimum Gasteiger partial charge on any atom is -0.495 e. The van der Waals surface area contributed by atoms with Crippen LogP contribution in [0.25, 0.3) is 0 Å². The summed E-state index contributed by atoms with van der Waals surface area (Å²) in [5.74, 6) is -0.354. The Morgan fingerprint density at radius 1 is 1.25 bits per heavy atom. The second-order valence-corrected chi connectivity index (χ2v) is 6.54. The van der Waals surface area contributed by atoms with E-state index in [1.807, 2.05) is 6.07 Å². The van der Waals surface area contributed by atoms with Gasteiger partial charge in [0.2, 0.25) is 5.91 Å². The molecule has 10 heteroatoms. The zero-order valence-corrected chi connectivity index (χ0v) is 17.4. The number of carbonyl (C=O) groups excluding carboxylic acids is 2. The van der Waals surface area contributed by atoms with Gasteiger partial charge in [0.05, 0.1) is 29.5 Å². The lowest BCUT2D eigenvalue weighted by Crippen LogP contribution is -2.32. The SMILES string of the molecule is CCOC(=O)c1c(Cl)c(C)nn1CC(=O)NCCNc1ccc(Cl)c(OC)c1. The van der Waals surface area contributed by atoms with Gasteiger partial charge in [0.25, 0.3) is 0 Å². The molecule has 0 saturated carbocycles. The number of halogens is 2. The van der Waals surface area contributed by atoms with Crippen molar-refractivity contribution < 1.29 is 19.1 Å². The quantitative estimate of drug-likeness (QED) is 0.470. The highest BCUT2D eigenvalue weighted by Gasteiger charge is 2.22. The Hall–Kier alpha value is -2.45. The highest BCUT2D eigenvalue weighted by Crippen LogP contribution is 2.27. The molecule has 0 atom stereocenters. The molecule has 0 aliphatic heterocycles. The largest absolute Gasteiger partial charge is 0.495 e. The van der Waals surface area contributed by atoms with Gasteiger partial charge in [0, 0.05) is 24.8 Å². The summed E-state index contributed by atoms with van der Waals surface area (Å²) >= 11 is 12.1. The lowest BCUT2D eigenvalue weighted by molar-refractivity contribution is -0.121. The van der Waals surface area contributed by atoms with Gasteiger partial charge in [-0.05, 0) is 26.0 Å². The third-order valence-electron chi connectivity index (χ3n) is 3.74. The number of carbonyl (C=O) groups is 2. The molecule has 2 aromatic rings. The molecule has 0 fully saturated rings. The fourth-order valence-corrected chi connectivity index (χ4v) is 2.85. The first-order valence-electron chi connectivity index (χ1n) is 8.61. The fourth-order valence-electron chi connectivity index (χ4n) is 2.44. The Bertz CT molecular complexity index is 854. The summed E-state index contributed by atoms with van der Waals surface area (Å²) in [6, 6.07) is 5.30. The summed E-state index contributed by atoms with van der Waals surface area (Å²) < 4.78 is 11.4. The molecule has 28 heavy (non-hydrogen) atoms. The molecule has 0 spiro atoms. The predicted octanol–water partition coefficient (Wildman–Crippen LogP) is 2.91. The monoisotopic (exact) mass is 428 g/mol. The van der Waals surface area contributed by atoms with E-state index in [9.17, 15) is 9.59 Å². The summed E-state index contributed by atoms with van der Waals surface area (Å²) in [4.78, 5) is 24.2. The molecule has 0 unspecified atom stereocenters. The highest BCUT2D eigenvalue weighted by molar-refractivity contribution is 6.34. The molecule has 152 valence electrons. The number of nitrogens with zero attached hydrogens (tertiary/aromatic N) is 2. The molecule has 1 heterocycles. The summed E-state index contributed by atoms with van der Waals surface area (Å²) in [5, 5.41) is 10.8. The van der Waals surface area contributed by atoms with Crippen LogP contribution in [0.4, 0.5) is 5.69 Å². The molecule has 1 aromatic heterocycles. The van der Waals surface area contributed by atoms with Gasteiger partial charge in [-0.25, -0.2) is 9.48 Å². The van der Waals surface area contributed by atoms with Crippen molar-refractivity contribution in [2.75, 3.05) is 32.1 Å². The molecule has 1 amide bonds. The number of amides is 1. The van der Waals surface area contributed by atoms with Crippen molar-refractivity contribution in [2.24, 2.45) is 0 Å². The van der Waals surface area contributed by atoms with Crippen molar-refractivity contribution >= 4 is 40.8 Å². The van der Waals surface area contributed by atoms with E-state index in [4.69, 9.17) is 32.7 Å². The molecule has 0 aliphatic carbocycles. The maximum atomic E-state index is 12.2. The first kappa shape index (κ1) is 21.8. The van der Waals surface area contributed by atoms with Crippen LogP contribution in [0.2, 0.25) is 10.0 Å². The Balaban J connectivity index is 1.88. The van der Waals surface area contributed by atoms with E-state index in [1.165, 1.54) is 4.68 Å². The average molecular weight is 429 g/mol. The van der Waals surface area contributed by atoms with Gasteiger partial charge < -0.3 is 20.1 Å². The zero-order valence-electron chi connectivity index (χ0n) is 15.8. The topological polar surface area (TPSA) is 94.5 Å². The second kappa shape index (κ2) is 10.2. The van der Waals surface area contributed by atoms with Crippen LogP contribution in [0.1, 0.15) is 23.1 Å². The van der Waals surface area contributed by atoms with Gasteiger partial charge in [-0.2, -0.15) is 5.10 Å². The van der Waals surface area contributed by atoms with Gasteiger partial charge >= 0.3 is 5.97 Å². The number of anilines is 1. The molecule has 0 aliphatic rings. The Labute approximate surface area is 173 Å². The van der Waals surface area contributed by atoms with Crippen molar-refractivity contribution in [3.8, 4) is 5.75 Å². The number of hydrogen-bond donors (Lipinski definition) is 2. The number of hydrogen-bond acceptors (Lipinski definition) is 6. The number of esters is 1. The number of methoxy groups -OCH3 is 1. The van der Waals surface area contributed by atoms with Crippen LogP contribution >= 0.6 is 23.2 Å². The van der Waals surface area contributed by atoms with Crippen LogP contribution in [0, 0.1) is 6.92 Å². The number of benzene rings is 1. The van der Waals surface area contributed by atoms with E-state index >= 15 is 0 Å². The van der Waals surface area contributed by atoms with Crippen LogP contribution in [-0.2, 0) is 16.1 Å². The number of aromatic nitrogens is 2. The van der Waals surface area contributed by atoms with E-state index < -0.39 is 5.97 Å². The molecular formula is C18H22Cl2N4O4. The Morgan fingerprint density at radius 3 is 2.68 bits per heavy atom. The number of rotatable bonds is 9. The van der Waals surface area contributed by atoms with Gasteiger partial charge in [-0.3, -0.25) is 4.79 Å². The van der Waals surface area contributed by atoms with Gasteiger partial charge in [-0.15, -0.1) is 0 Å². The summed E-state index contributed by atoms with van der Waals surface area (Å²) in [7, 11) is 1.54. The van der Waals surface area contributed by atoms with E-state index in [0.717, 1.165) is 5.69 Å². The zero-order chi connectivity index (χ0) is 20.7. The molecule has 2 N–H and O–H groups in total. The Kier molecular flexibility index (Phi) is 7.95. The lowest BCUT2D eigenvalue weighted by Gasteiger charge is -2.11. The van der Waals surface area contributed by atoms with Crippen LogP contribution in [0.15, 0.2) is 18.2 Å². The van der Waals surface area contributed by atoms with Crippen molar-refractivity contribution in [3.63, 3.8) is 0 Å². The second-order valence-electron chi connectivity index (χ2n) is 5.75. The van der Waals surface area contributed by atoms with Gasteiger partial charge in [0.15, 0.2) is 5.69 Å². The number of aryl methyl sites for hydroxylation is 1. The van der Waals surface area contributed by atoms with E-state index in [2.05, 4.69) is 15.7 Å². The summed E-state index contributed by atoms with van der Waals surface area (Å²) in [5.41, 5.74) is 1.34. The van der Waals surface area contributed by atoms with Gasteiger partial charge in [0.1, 0.15) is 12.3 Å². The predicted molar refractivity (Wildman–Crippen MR) is 107 cm³/mol. The van der Waals surface area contributed by atoms with E-state index in [-0.39, 0.29) is 29.8 Å². The van der Waals surface area contributed by atoms with Gasteiger partial charge in [-0.1, -0.05) is 23.2 Å². The van der Waals surface area contributed by atoms with Crippen molar-refractivity contribution in [1.82, 2.24) is 15.1 Å². The fraction of sp³-hybridized carbons (Fsp3) is 0.389. The highest BCUT2D eigenvalue weighted by atomic mass is 35.5. The van der Waals surface area contributed by atoms with E-state index in [1.54, 1.807) is 33.1 Å². The minimum atomic E-state index is -0.612.